The van der Waals surface area contributed by atoms with Gasteiger partial charge in [0.15, 0.2) is 5.82 Å². The number of hydrogen-bond acceptors (Lipinski definition) is 5. The fourth-order valence-corrected chi connectivity index (χ4v) is 3.55. The van der Waals surface area contributed by atoms with Crippen LogP contribution in [-0.4, -0.2) is 47.3 Å². The fourth-order valence-electron chi connectivity index (χ4n) is 3.42. The third kappa shape index (κ3) is 3.55. The average Bonchev–Trinajstić information content (AvgIpc) is 3.33. The molecule has 6 nitrogen and oxygen atoms in total. The van der Waals surface area contributed by atoms with E-state index in [1.807, 2.05) is 4.90 Å². The van der Waals surface area contributed by atoms with Gasteiger partial charge in [0.05, 0.1) is 6.61 Å². The molecule has 0 saturated carbocycles. The summed E-state index contributed by atoms with van der Waals surface area (Å²) < 4.78 is 10.9. The van der Waals surface area contributed by atoms with Crippen molar-refractivity contribution in [3.05, 3.63) is 46.6 Å². The molecular weight excluding hydrogens is 342 g/mol. The molecule has 2 saturated heterocycles. The second-order valence-corrected chi connectivity index (χ2v) is 7.06. The maximum Gasteiger partial charge on any atom is 0.253 e. The van der Waals surface area contributed by atoms with Gasteiger partial charge in [-0.05, 0) is 43.5 Å². The quantitative estimate of drug-likeness (QED) is 0.839. The van der Waals surface area contributed by atoms with E-state index in [9.17, 15) is 4.79 Å². The van der Waals surface area contributed by atoms with Gasteiger partial charge in [0.1, 0.15) is 0 Å². The number of hydrogen-bond donors (Lipinski definition) is 0. The highest BCUT2D eigenvalue weighted by molar-refractivity contribution is 6.30. The second kappa shape index (κ2) is 7.14. The lowest BCUT2D eigenvalue weighted by atomic mass is 9.96. The third-order valence-corrected chi connectivity index (χ3v) is 5.23. The molecule has 0 spiro atoms. The molecular formula is C18H20ClN3O3. The number of halogens is 1. The van der Waals surface area contributed by atoms with Crippen molar-refractivity contribution in [2.75, 3.05) is 26.3 Å². The van der Waals surface area contributed by atoms with Crippen LogP contribution in [0, 0.1) is 0 Å². The van der Waals surface area contributed by atoms with Gasteiger partial charge in [-0.3, -0.25) is 4.79 Å². The van der Waals surface area contributed by atoms with Crippen molar-refractivity contribution in [3.63, 3.8) is 0 Å². The first kappa shape index (κ1) is 16.5. The number of benzene rings is 1. The molecule has 2 aromatic rings. The molecule has 0 unspecified atom stereocenters. The van der Waals surface area contributed by atoms with Crippen LogP contribution < -0.4 is 0 Å². The van der Waals surface area contributed by atoms with E-state index in [0.717, 1.165) is 31.7 Å². The van der Waals surface area contributed by atoms with Crippen LogP contribution in [0.2, 0.25) is 5.02 Å². The lowest BCUT2D eigenvalue weighted by Gasteiger charge is -2.30. The van der Waals surface area contributed by atoms with Gasteiger partial charge in [-0.1, -0.05) is 16.8 Å². The minimum atomic E-state index is 0.0458. The zero-order valence-corrected chi connectivity index (χ0v) is 14.6. The first-order valence-electron chi connectivity index (χ1n) is 8.67. The van der Waals surface area contributed by atoms with Crippen LogP contribution in [0.4, 0.5) is 0 Å². The smallest absolute Gasteiger partial charge is 0.253 e. The molecule has 3 heterocycles. The van der Waals surface area contributed by atoms with Gasteiger partial charge in [-0.15, -0.1) is 0 Å². The highest BCUT2D eigenvalue weighted by Crippen LogP contribution is 2.30. The number of likely N-dealkylation sites (tertiary alicyclic amines) is 1. The molecule has 0 N–H and O–H groups in total. The van der Waals surface area contributed by atoms with Crippen LogP contribution in [-0.2, 0) is 4.74 Å². The van der Waals surface area contributed by atoms with Crippen LogP contribution in [0.1, 0.15) is 53.2 Å². The van der Waals surface area contributed by atoms with Crippen LogP contribution in [0.3, 0.4) is 0 Å². The van der Waals surface area contributed by atoms with Crippen LogP contribution >= 0.6 is 11.6 Å². The Kier molecular flexibility index (Phi) is 4.72. The lowest BCUT2D eigenvalue weighted by Crippen LogP contribution is -2.38. The van der Waals surface area contributed by atoms with E-state index in [-0.39, 0.29) is 17.7 Å². The minimum absolute atomic E-state index is 0.0458. The van der Waals surface area contributed by atoms with E-state index in [2.05, 4.69) is 10.1 Å². The second-order valence-electron chi connectivity index (χ2n) is 6.62. The van der Waals surface area contributed by atoms with E-state index in [4.69, 9.17) is 20.9 Å². The zero-order valence-electron chi connectivity index (χ0n) is 13.9. The van der Waals surface area contributed by atoms with E-state index < -0.39 is 0 Å². The maximum atomic E-state index is 12.5. The minimum Gasteiger partial charge on any atom is -0.381 e. The van der Waals surface area contributed by atoms with Gasteiger partial charge < -0.3 is 14.2 Å². The maximum absolute atomic E-state index is 12.5. The van der Waals surface area contributed by atoms with Gasteiger partial charge in [0, 0.05) is 42.1 Å². The molecule has 4 rings (SSSR count). The Bertz CT molecular complexity index is 732. The van der Waals surface area contributed by atoms with Crippen molar-refractivity contribution < 1.29 is 14.1 Å². The molecule has 2 fully saturated rings. The Morgan fingerprint density at radius 2 is 1.88 bits per heavy atom. The molecule has 132 valence electrons. The summed E-state index contributed by atoms with van der Waals surface area (Å²) in [5.74, 6) is 1.97. The number of nitrogens with zero attached hydrogens (tertiary/aromatic N) is 3. The molecule has 2 aliphatic heterocycles. The van der Waals surface area contributed by atoms with Gasteiger partial charge in [0.25, 0.3) is 5.91 Å². The number of carbonyl (C=O) groups is 1. The van der Waals surface area contributed by atoms with Crippen LogP contribution in [0.25, 0.3) is 0 Å². The number of carbonyl (C=O) groups excluding carboxylic acids is 1. The van der Waals surface area contributed by atoms with E-state index in [0.29, 0.717) is 36.2 Å². The van der Waals surface area contributed by atoms with Gasteiger partial charge in [0.2, 0.25) is 5.89 Å². The summed E-state index contributed by atoms with van der Waals surface area (Å²) in [5, 5.41) is 4.76. The Morgan fingerprint density at radius 1 is 1.12 bits per heavy atom. The molecule has 0 radical (unpaired) electrons. The van der Waals surface area contributed by atoms with Crippen molar-refractivity contribution >= 4 is 17.5 Å². The van der Waals surface area contributed by atoms with Gasteiger partial charge in [-0.2, -0.15) is 4.98 Å². The Labute approximate surface area is 151 Å². The molecule has 25 heavy (non-hydrogen) atoms. The van der Waals surface area contributed by atoms with Gasteiger partial charge >= 0.3 is 0 Å². The Hall–Kier alpha value is -1.92. The van der Waals surface area contributed by atoms with Crippen molar-refractivity contribution in [2.24, 2.45) is 0 Å². The molecule has 1 aromatic heterocycles. The predicted molar refractivity (Wildman–Crippen MR) is 91.8 cm³/mol. The SMILES string of the molecule is O=C(c1ccc(Cl)cc1)N1CCC(c2nc([C@H]3CCOC3)no2)CC1. The monoisotopic (exact) mass is 361 g/mol. The van der Waals surface area contributed by atoms with E-state index >= 15 is 0 Å². The number of piperidine rings is 1. The van der Waals surface area contributed by atoms with Crippen molar-refractivity contribution in [1.82, 2.24) is 15.0 Å². The summed E-state index contributed by atoms with van der Waals surface area (Å²) in [5.41, 5.74) is 0.671. The highest BCUT2D eigenvalue weighted by atomic mass is 35.5. The van der Waals surface area contributed by atoms with Crippen molar-refractivity contribution in [3.8, 4) is 0 Å². The average molecular weight is 362 g/mol. The number of amides is 1. The summed E-state index contributed by atoms with van der Waals surface area (Å²) in [4.78, 5) is 19.0. The number of ether oxygens (including phenoxy) is 1. The summed E-state index contributed by atoms with van der Waals surface area (Å²) in [6, 6.07) is 7.03. The number of rotatable bonds is 3. The van der Waals surface area contributed by atoms with Crippen molar-refractivity contribution in [1.29, 1.82) is 0 Å². The third-order valence-electron chi connectivity index (χ3n) is 4.97. The lowest BCUT2D eigenvalue weighted by molar-refractivity contribution is 0.0704. The van der Waals surface area contributed by atoms with Gasteiger partial charge in [-0.25, -0.2) is 0 Å². The first-order chi connectivity index (χ1) is 12.2. The molecule has 2 aliphatic rings. The molecule has 1 aromatic carbocycles. The predicted octanol–water partition coefficient (Wildman–Crippen LogP) is 3.25. The standard InChI is InChI=1S/C18H20ClN3O3/c19-15-3-1-13(2-4-15)18(23)22-8-5-12(6-9-22)17-20-16(21-25-17)14-7-10-24-11-14/h1-4,12,14H,5-11H2/t14-/m0/s1. The summed E-state index contributed by atoms with van der Waals surface area (Å²) in [7, 11) is 0. The highest BCUT2D eigenvalue weighted by Gasteiger charge is 2.30. The molecule has 1 atom stereocenters. The summed E-state index contributed by atoms with van der Waals surface area (Å²) in [6.45, 7) is 2.82. The van der Waals surface area contributed by atoms with E-state index in [1.165, 1.54) is 0 Å². The Morgan fingerprint density at radius 3 is 2.56 bits per heavy atom. The fraction of sp³-hybridized carbons (Fsp3) is 0.500. The molecule has 1 amide bonds. The topological polar surface area (TPSA) is 68.5 Å². The molecule has 0 aliphatic carbocycles. The molecule has 7 heteroatoms. The summed E-state index contributed by atoms with van der Waals surface area (Å²) >= 11 is 5.88. The summed E-state index contributed by atoms with van der Waals surface area (Å²) in [6.07, 6.45) is 2.62. The van der Waals surface area contributed by atoms with Crippen LogP contribution in [0.5, 0.6) is 0 Å². The zero-order chi connectivity index (χ0) is 17.2. The van der Waals surface area contributed by atoms with E-state index in [1.54, 1.807) is 24.3 Å². The van der Waals surface area contributed by atoms with Crippen molar-refractivity contribution in [2.45, 2.75) is 31.1 Å². The Balaban J connectivity index is 1.36. The first-order valence-corrected chi connectivity index (χ1v) is 9.04. The number of aromatic nitrogens is 2. The van der Waals surface area contributed by atoms with Crippen LogP contribution in [0.15, 0.2) is 28.8 Å². The molecule has 0 bridgehead atoms. The normalized spacial score (nSPS) is 21.6. The largest absolute Gasteiger partial charge is 0.381 e.